The molecule has 0 aliphatic carbocycles. The van der Waals surface area contributed by atoms with Crippen molar-refractivity contribution in [1.82, 2.24) is 9.55 Å². The van der Waals surface area contributed by atoms with Crippen LogP contribution in [0, 0.1) is 0 Å². The lowest BCUT2D eigenvalue weighted by atomic mass is 10.1. The molecule has 2 aromatic carbocycles. The minimum atomic E-state index is -0.269. The maximum Gasteiger partial charge on any atom is 0.330 e. The minimum Gasteiger partial charge on any atom is -0.504 e. The van der Waals surface area contributed by atoms with Crippen LogP contribution in [0.4, 0.5) is 0 Å². The number of nitrogens with one attached hydrogen (secondary N) is 1. The van der Waals surface area contributed by atoms with Gasteiger partial charge in [0.2, 0.25) is 0 Å². The summed E-state index contributed by atoms with van der Waals surface area (Å²) in [4.78, 5) is 28.8. The van der Waals surface area contributed by atoms with Gasteiger partial charge in [-0.05, 0) is 47.4 Å². The largest absolute Gasteiger partial charge is 0.504 e. The Bertz CT molecular complexity index is 1280. The average Bonchev–Trinajstić information content (AvgIpc) is 3.42. The van der Waals surface area contributed by atoms with Crippen molar-refractivity contribution in [2.75, 3.05) is 7.11 Å². The molecule has 4 aromatic rings. The minimum absolute atomic E-state index is 0.0344. The zero-order valence-electron chi connectivity index (χ0n) is 16.0. The molecule has 0 spiro atoms. The number of carbonyl (C=O) groups excluding carboxylic acids is 1. The van der Waals surface area contributed by atoms with E-state index in [1.807, 2.05) is 17.5 Å². The number of H-pyrrole nitrogens is 1. The van der Waals surface area contributed by atoms with E-state index in [1.165, 1.54) is 30.6 Å². The Morgan fingerprint density at radius 1 is 1.17 bits per heavy atom. The number of ether oxygens (including phenoxy) is 1. The van der Waals surface area contributed by atoms with E-state index in [9.17, 15) is 14.7 Å². The molecule has 150 valence electrons. The lowest BCUT2D eigenvalue weighted by Crippen LogP contribution is -2.16. The van der Waals surface area contributed by atoms with Gasteiger partial charge in [-0.2, -0.15) is 0 Å². The van der Waals surface area contributed by atoms with Gasteiger partial charge in [0.25, 0.3) is 0 Å². The third-order valence-electron chi connectivity index (χ3n) is 4.57. The van der Waals surface area contributed by atoms with E-state index < -0.39 is 0 Å². The van der Waals surface area contributed by atoms with Gasteiger partial charge in [-0.1, -0.05) is 30.3 Å². The maximum atomic E-state index is 12.7. The molecule has 2 aromatic heterocycles. The lowest BCUT2D eigenvalue weighted by molar-refractivity contribution is 0.104. The molecular weight excluding hydrogens is 400 g/mol. The van der Waals surface area contributed by atoms with Crippen molar-refractivity contribution >= 4 is 23.2 Å². The van der Waals surface area contributed by atoms with E-state index in [2.05, 4.69) is 4.98 Å². The SMILES string of the molecule is COc1cc(C=CC(=O)c2cccc(-n3c(-c4cccs4)c[nH]c3=O)c2)ccc1O. The summed E-state index contributed by atoms with van der Waals surface area (Å²) in [6.45, 7) is 0. The van der Waals surface area contributed by atoms with Crippen molar-refractivity contribution in [3.05, 3.63) is 93.9 Å². The number of hydrogen-bond acceptors (Lipinski definition) is 5. The number of carbonyl (C=O) groups is 1. The van der Waals surface area contributed by atoms with Crippen LogP contribution in [0.25, 0.3) is 22.3 Å². The molecule has 0 saturated carbocycles. The Morgan fingerprint density at radius 3 is 2.80 bits per heavy atom. The van der Waals surface area contributed by atoms with E-state index in [4.69, 9.17) is 4.74 Å². The van der Waals surface area contributed by atoms with Gasteiger partial charge in [-0.15, -0.1) is 11.3 Å². The topological polar surface area (TPSA) is 84.3 Å². The molecule has 0 amide bonds. The van der Waals surface area contributed by atoms with E-state index in [0.29, 0.717) is 17.0 Å². The van der Waals surface area contributed by atoms with Crippen LogP contribution in [0.5, 0.6) is 11.5 Å². The van der Waals surface area contributed by atoms with Crippen LogP contribution in [0.1, 0.15) is 15.9 Å². The number of hydrogen-bond donors (Lipinski definition) is 2. The highest BCUT2D eigenvalue weighted by atomic mass is 32.1. The van der Waals surface area contributed by atoms with Gasteiger partial charge in [-0.25, -0.2) is 4.79 Å². The molecule has 0 fully saturated rings. The Hall–Kier alpha value is -3.84. The number of benzene rings is 2. The number of aromatic hydroxyl groups is 1. The summed E-state index contributed by atoms with van der Waals surface area (Å²) < 4.78 is 6.64. The van der Waals surface area contributed by atoms with Gasteiger partial charge in [0, 0.05) is 11.8 Å². The number of imidazole rings is 1. The van der Waals surface area contributed by atoms with Gasteiger partial charge in [0.1, 0.15) is 0 Å². The van der Waals surface area contributed by atoms with Gasteiger partial charge < -0.3 is 14.8 Å². The molecule has 30 heavy (non-hydrogen) atoms. The van der Waals surface area contributed by atoms with E-state index >= 15 is 0 Å². The summed E-state index contributed by atoms with van der Waals surface area (Å²) in [6, 6.07) is 15.6. The van der Waals surface area contributed by atoms with E-state index in [0.717, 1.165) is 16.1 Å². The maximum absolute atomic E-state index is 12.7. The predicted molar refractivity (Wildman–Crippen MR) is 118 cm³/mol. The second-order valence-corrected chi connectivity index (χ2v) is 7.42. The third kappa shape index (κ3) is 3.83. The van der Waals surface area contributed by atoms with Gasteiger partial charge in [0.05, 0.1) is 23.4 Å². The molecule has 0 saturated heterocycles. The Kier molecular flexibility index (Phi) is 5.36. The van der Waals surface area contributed by atoms with Crippen LogP contribution in [-0.4, -0.2) is 27.6 Å². The number of methoxy groups -OCH3 is 1. The standard InChI is InChI=1S/C23H18N2O4S/c1-29-21-12-15(8-10-20(21)27)7-9-19(26)16-4-2-5-17(13-16)25-18(14-24-23(25)28)22-6-3-11-30-22/h2-14,27H,1H3,(H,24,28). The van der Waals surface area contributed by atoms with Crippen LogP contribution in [0.2, 0.25) is 0 Å². The first-order chi connectivity index (χ1) is 14.6. The highest BCUT2D eigenvalue weighted by molar-refractivity contribution is 7.13. The monoisotopic (exact) mass is 418 g/mol. The highest BCUT2D eigenvalue weighted by Crippen LogP contribution is 2.27. The predicted octanol–water partition coefficient (Wildman–Crippen LogP) is 4.50. The quantitative estimate of drug-likeness (QED) is 0.357. The van der Waals surface area contributed by atoms with Crippen LogP contribution in [0.3, 0.4) is 0 Å². The van der Waals surface area contributed by atoms with Crippen molar-refractivity contribution < 1.29 is 14.6 Å². The normalized spacial score (nSPS) is 11.1. The number of rotatable bonds is 6. The summed E-state index contributed by atoms with van der Waals surface area (Å²) in [5.74, 6) is 0.164. The summed E-state index contributed by atoms with van der Waals surface area (Å²) in [7, 11) is 1.46. The summed E-state index contributed by atoms with van der Waals surface area (Å²) in [6.07, 6.45) is 4.77. The fraction of sp³-hybridized carbons (Fsp3) is 0.0435. The molecule has 0 aliphatic rings. The average molecular weight is 418 g/mol. The Balaban J connectivity index is 1.64. The fourth-order valence-corrected chi connectivity index (χ4v) is 3.83. The van der Waals surface area contributed by atoms with Gasteiger partial charge >= 0.3 is 5.69 Å². The van der Waals surface area contributed by atoms with Crippen LogP contribution in [0.15, 0.2) is 77.0 Å². The van der Waals surface area contributed by atoms with Crippen molar-refractivity contribution in [1.29, 1.82) is 0 Å². The Labute approximate surface area is 176 Å². The first-order valence-electron chi connectivity index (χ1n) is 9.11. The first-order valence-corrected chi connectivity index (χ1v) is 9.99. The molecule has 0 atom stereocenters. The zero-order valence-corrected chi connectivity index (χ0v) is 16.8. The smallest absolute Gasteiger partial charge is 0.330 e. The number of phenolic OH excluding ortho intramolecular Hbond substituents is 1. The van der Waals surface area contributed by atoms with Crippen molar-refractivity contribution in [2.45, 2.75) is 0 Å². The molecule has 0 unspecified atom stereocenters. The number of nitrogens with zero attached hydrogens (tertiary/aromatic N) is 1. The summed E-state index contributed by atoms with van der Waals surface area (Å²) in [5, 5.41) is 11.6. The molecule has 0 bridgehead atoms. The third-order valence-corrected chi connectivity index (χ3v) is 5.46. The van der Waals surface area contributed by atoms with E-state index in [1.54, 1.807) is 53.2 Å². The molecule has 0 aliphatic heterocycles. The van der Waals surface area contributed by atoms with Crippen molar-refractivity contribution in [2.24, 2.45) is 0 Å². The number of aromatic amines is 1. The molecule has 2 N–H and O–H groups in total. The molecule has 2 heterocycles. The summed E-state index contributed by atoms with van der Waals surface area (Å²) in [5.41, 5.74) is 2.26. The number of aromatic nitrogens is 2. The molecule has 0 radical (unpaired) electrons. The van der Waals surface area contributed by atoms with Crippen molar-refractivity contribution in [3.63, 3.8) is 0 Å². The molecular formula is C23H18N2O4S. The van der Waals surface area contributed by atoms with Crippen molar-refractivity contribution in [3.8, 4) is 27.8 Å². The molecule has 6 nitrogen and oxygen atoms in total. The van der Waals surface area contributed by atoms with E-state index in [-0.39, 0.29) is 17.2 Å². The zero-order chi connectivity index (χ0) is 21.1. The number of ketones is 1. The lowest BCUT2D eigenvalue weighted by Gasteiger charge is -2.07. The summed E-state index contributed by atoms with van der Waals surface area (Å²) >= 11 is 1.53. The second-order valence-electron chi connectivity index (χ2n) is 6.47. The van der Waals surface area contributed by atoms with Gasteiger partial charge in [0.15, 0.2) is 17.3 Å². The number of allylic oxidation sites excluding steroid dienone is 1. The van der Waals surface area contributed by atoms with Gasteiger partial charge in [-0.3, -0.25) is 9.36 Å². The highest BCUT2D eigenvalue weighted by Gasteiger charge is 2.13. The Morgan fingerprint density at radius 2 is 2.03 bits per heavy atom. The van der Waals surface area contributed by atoms with Crippen LogP contribution < -0.4 is 10.4 Å². The van der Waals surface area contributed by atoms with Crippen LogP contribution >= 0.6 is 11.3 Å². The fourth-order valence-electron chi connectivity index (χ4n) is 3.09. The number of phenols is 1. The second kappa shape index (κ2) is 8.26. The first kappa shape index (κ1) is 19.5. The number of thiophene rings is 1. The van der Waals surface area contributed by atoms with Crippen LogP contribution in [-0.2, 0) is 0 Å². The molecule has 7 heteroatoms. The molecule has 4 rings (SSSR count).